The summed E-state index contributed by atoms with van der Waals surface area (Å²) in [5.41, 5.74) is 8.29. The number of hydrogen-bond donors (Lipinski definition) is 0. The predicted molar refractivity (Wildman–Crippen MR) is 270 cm³/mol. The van der Waals surface area contributed by atoms with Crippen LogP contribution < -0.4 is 0 Å². The summed E-state index contributed by atoms with van der Waals surface area (Å²) in [6, 6.07) is 42.8. The molecule has 0 amide bonds. The first kappa shape index (κ1) is 49.4. The molecule has 338 valence electrons. The van der Waals surface area contributed by atoms with Crippen molar-refractivity contribution in [2.45, 2.75) is 150 Å². The summed E-state index contributed by atoms with van der Waals surface area (Å²) in [5.74, 6) is 11.6. The molecule has 5 aromatic carbocycles. The van der Waals surface area contributed by atoms with E-state index in [2.05, 4.69) is 172 Å². The largest absolute Gasteiger partial charge is 0.199 e. The molecule has 0 saturated heterocycles. The summed E-state index contributed by atoms with van der Waals surface area (Å²) in [5, 5.41) is 2.54. The molecular formula is C62H83W-. The Kier molecular flexibility index (Phi) is 17.2. The van der Waals surface area contributed by atoms with E-state index in [0.717, 1.165) is 23.3 Å². The molecule has 0 radical (unpaired) electrons. The van der Waals surface area contributed by atoms with Crippen LogP contribution in [0.4, 0.5) is 0 Å². The SMILES string of the molecule is CC1CC2CC1C1CCCC21.CCC(C)(C)c1ccc(C)cc1.CCC1CC2CC1C1CCCC21.Cc1ccc(C(C)(C)c2ccccc2)cc1.[CH2-]c1ccc2ccccc2c1.[W]. The molecule has 6 saturated carbocycles. The quantitative estimate of drug-likeness (QED) is 0.154. The van der Waals surface area contributed by atoms with E-state index in [1.54, 1.807) is 64.2 Å². The van der Waals surface area contributed by atoms with Crippen molar-refractivity contribution in [2.75, 3.05) is 0 Å². The van der Waals surface area contributed by atoms with Crippen molar-refractivity contribution in [1.29, 1.82) is 0 Å². The topological polar surface area (TPSA) is 0 Å². The van der Waals surface area contributed by atoms with Gasteiger partial charge >= 0.3 is 0 Å². The Balaban J connectivity index is 0.000000131. The van der Waals surface area contributed by atoms with Gasteiger partial charge in [-0.25, -0.2) is 0 Å². The molecule has 6 aliphatic carbocycles. The van der Waals surface area contributed by atoms with Gasteiger partial charge in [0.15, 0.2) is 0 Å². The first-order valence-electron chi connectivity index (χ1n) is 25.3. The second-order valence-corrected chi connectivity index (χ2v) is 22.1. The summed E-state index contributed by atoms with van der Waals surface area (Å²) in [7, 11) is 0. The average Bonchev–Trinajstić information content (AvgIpc) is 4.15. The van der Waals surface area contributed by atoms with Crippen molar-refractivity contribution < 1.29 is 21.1 Å². The van der Waals surface area contributed by atoms with E-state index < -0.39 is 0 Å². The summed E-state index contributed by atoms with van der Waals surface area (Å²) in [6.45, 7) is 24.4. The van der Waals surface area contributed by atoms with E-state index in [1.165, 1.54) is 92.9 Å². The Morgan fingerprint density at radius 3 is 1.59 bits per heavy atom. The van der Waals surface area contributed by atoms with Crippen molar-refractivity contribution in [3.63, 3.8) is 0 Å². The normalized spacial score (nSPS) is 28.1. The first-order valence-corrected chi connectivity index (χ1v) is 25.3. The zero-order valence-corrected chi connectivity index (χ0v) is 43.9. The molecule has 63 heavy (non-hydrogen) atoms. The maximum Gasteiger partial charge on any atom is 0.0146 e. The van der Waals surface area contributed by atoms with Crippen molar-refractivity contribution in [3.05, 3.63) is 162 Å². The fourth-order valence-corrected chi connectivity index (χ4v) is 13.5. The molecule has 6 aliphatic rings. The van der Waals surface area contributed by atoms with E-state index in [4.69, 9.17) is 0 Å². The summed E-state index contributed by atoms with van der Waals surface area (Å²) in [4.78, 5) is 0. The Labute approximate surface area is 400 Å². The van der Waals surface area contributed by atoms with Crippen LogP contribution in [0.1, 0.15) is 159 Å². The number of aryl methyl sites for hydroxylation is 2. The van der Waals surface area contributed by atoms with Gasteiger partial charge in [0.25, 0.3) is 0 Å². The Morgan fingerprint density at radius 1 is 0.508 bits per heavy atom. The Bertz CT molecular complexity index is 2120. The van der Waals surface area contributed by atoms with Gasteiger partial charge in [-0.2, -0.15) is 24.6 Å². The van der Waals surface area contributed by atoms with Crippen LogP contribution in [0.5, 0.6) is 0 Å². The van der Waals surface area contributed by atoms with Crippen LogP contribution in [-0.2, 0) is 31.9 Å². The Morgan fingerprint density at radius 2 is 1.00 bits per heavy atom. The average molecular weight is 1010 g/mol. The van der Waals surface area contributed by atoms with Gasteiger partial charge in [0.2, 0.25) is 0 Å². The summed E-state index contributed by atoms with van der Waals surface area (Å²) in [6.07, 6.45) is 18.5. The van der Waals surface area contributed by atoms with Gasteiger partial charge in [-0.1, -0.05) is 187 Å². The van der Waals surface area contributed by atoms with E-state index in [1.807, 2.05) is 18.2 Å². The van der Waals surface area contributed by atoms with Crippen molar-refractivity contribution >= 4 is 10.8 Å². The maximum atomic E-state index is 3.87. The number of benzene rings is 5. The number of hydrogen-bond acceptors (Lipinski definition) is 0. The van der Waals surface area contributed by atoms with Gasteiger partial charge in [-0.05, 0) is 158 Å². The standard InChI is InChI=1S/C16H18.C12H20.C12H18.C11H18.C11H9.W/c1-13-9-11-15(12-10-13)16(2,3)14-7-5-4-6-8-14;1-2-8-6-9-7-12(8)11-5-3-4-10(9)11;1-5-12(3,4)11-8-6-10(2)7-9-11;1-7-5-8-6-11(7)10-4-2-3-9(8)10;1-9-6-7-10-4-2-3-5-11(10)8-9;/h4-12H,1-3H3;8-12H,2-7H2,1H3;6-9H,5H2,1-4H3;7-11H,2-6H2,1H3;2-8H,1H2;/q;;;;-1;. The fourth-order valence-electron chi connectivity index (χ4n) is 13.5. The molecule has 4 bridgehead atoms. The fraction of sp³-hybridized carbons (Fsp3) is 0.532. The minimum Gasteiger partial charge on any atom is -0.199 e. The first-order chi connectivity index (χ1) is 29.8. The molecule has 10 atom stereocenters. The molecule has 0 nitrogen and oxygen atoms in total. The van der Waals surface area contributed by atoms with Crippen LogP contribution in [-0.4, -0.2) is 0 Å². The van der Waals surface area contributed by atoms with E-state index in [-0.39, 0.29) is 26.5 Å². The van der Waals surface area contributed by atoms with Gasteiger partial charge in [0.1, 0.15) is 0 Å². The second kappa shape index (κ2) is 21.9. The van der Waals surface area contributed by atoms with E-state index in [0.29, 0.717) is 5.41 Å². The van der Waals surface area contributed by atoms with Crippen molar-refractivity contribution in [2.24, 2.45) is 59.2 Å². The van der Waals surface area contributed by atoms with Crippen LogP contribution in [0, 0.1) is 80.0 Å². The predicted octanol–water partition coefficient (Wildman–Crippen LogP) is 17.6. The van der Waals surface area contributed by atoms with Gasteiger partial charge in [-0.15, -0.1) is 6.07 Å². The minimum absolute atomic E-state index is 0. The second-order valence-electron chi connectivity index (χ2n) is 22.1. The van der Waals surface area contributed by atoms with Crippen LogP contribution in [0.25, 0.3) is 10.8 Å². The minimum atomic E-state index is 0. The van der Waals surface area contributed by atoms with Crippen LogP contribution >= 0.6 is 0 Å². The van der Waals surface area contributed by atoms with Gasteiger partial charge in [0.05, 0.1) is 0 Å². The molecule has 0 heterocycles. The molecule has 0 N–H and O–H groups in total. The number of fused-ring (bicyclic) bond motifs is 11. The van der Waals surface area contributed by atoms with Crippen LogP contribution in [0.3, 0.4) is 0 Å². The van der Waals surface area contributed by atoms with Crippen LogP contribution in [0.15, 0.2) is 121 Å². The molecule has 0 aromatic heterocycles. The van der Waals surface area contributed by atoms with E-state index in [9.17, 15) is 0 Å². The smallest absolute Gasteiger partial charge is 0.0146 e. The molecule has 11 rings (SSSR count). The zero-order valence-electron chi connectivity index (χ0n) is 40.9. The molecule has 10 unspecified atom stereocenters. The maximum absolute atomic E-state index is 3.87. The van der Waals surface area contributed by atoms with Crippen molar-refractivity contribution in [1.82, 2.24) is 0 Å². The molecule has 0 aliphatic heterocycles. The van der Waals surface area contributed by atoms with Crippen LogP contribution in [0.2, 0.25) is 0 Å². The number of rotatable bonds is 5. The third-order valence-corrected chi connectivity index (χ3v) is 17.7. The van der Waals surface area contributed by atoms with E-state index >= 15 is 0 Å². The zero-order chi connectivity index (χ0) is 44.0. The summed E-state index contributed by atoms with van der Waals surface area (Å²) < 4.78 is 0. The molecule has 1 heteroatoms. The monoisotopic (exact) mass is 1010 g/mol. The van der Waals surface area contributed by atoms with Gasteiger partial charge in [-0.3, -0.25) is 0 Å². The molecular weight excluding hydrogens is 929 g/mol. The molecule has 5 aromatic rings. The van der Waals surface area contributed by atoms with Gasteiger partial charge < -0.3 is 0 Å². The third-order valence-electron chi connectivity index (χ3n) is 17.7. The van der Waals surface area contributed by atoms with Crippen molar-refractivity contribution in [3.8, 4) is 0 Å². The molecule has 0 spiro atoms. The summed E-state index contributed by atoms with van der Waals surface area (Å²) >= 11 is 0. The third kappa shape index (κ3) is 11.7. The van der Waals surface area contributed by atoms with Gasteiger partial charge in [0, 0.05) is 26.5 Å². The molecule has 6 fully saturated rings. The Hall–Kier alpha value is -3.08.